The number of thiophene rings is 1. The van der Waals surface area contributed by atoms with Crippen molar-refractivity contribution in [2.24, 2.45) is 0 Å². The van der Waals surface area contributed by atoms with Crippen LogP contribution in [0.2, 0.25) is 0 Å². The number of nitrogens with one attached hydrogen (secondary N) is 1. The van der Waals surface area contributed by atoms with E-state index in [0.717, 1.165) is 20.6 Å². The average molecular weight is 257 g/mol. The van der Waals surface area contributed by atoms with Crippen LogP contribution in [-0.4, -0.2) is 16.5 Å². The van der Waals surface area contributed by atoms with Crippen molar-refractivity contribution in [1.82, 2.24) is 10.2 Å². The largest absolute Gasteiger partial charge is 0.296 e. The zero-order chi connectivity index (χ0) is 9.26. The number of aldehydes is 1. The number of hydrogen-bond donors (Lipinski definition) is 1. The molecule has 2 rings (SSSR count). The molecule has 0 amide bonds. The Hall–Kier alpha value is -0.940. The van der Waals surface area contributed by atoms with Crippen molar-refractivity contribution < 1.29 is 4.79 Å². The Morgan fingerprint density at radius 1 is 1.54 bits per heavy atom. The highest BCUT2D eigenvalue weighted by molar-refractivity contribution is 9.11. The molecule has 1 N–H and O–H groups in total. The molecule has 66 valence electrons. The molecule has 0 aromatic carbocycles. The Bertz CT molecular complexity index is 435. The summed E-state index contributed by atoms with van der Waals surface area (Å²) in [5.74, 6) is 0. The van der Waals surface area contributed by atoms with Crippen molar-refractivity contribution in [3.63, 3.8) is 0 Å². The Labute approximate surface area is 86.9 Å². The van der Waals surface area contributed by atoms with Gasteiger partial charge in [0.15, 0.2) is 6.29 Å². The van der Waals surface area contributed by atoms with E-state index in [4.69, 9.17) is 0 Å². The zero-order valence-corrected chi connectivity index (χ0v) is 8.85. The maximum atomic E-state index is 10.4. The topological polar surface area (TPSA) is 45.8 Å². The normalized spacial score (nSPS) is 10.2. The molecule has 0 saturated carbocycles. The van der Waals surface area contributed by atoms with Gasteiger partial charge in [-0.05, 0) is 34.1 Å². The van der Waals surface area contributed by atoms with Gasteiger partial charge in [0, 0.05) is 0 Å². The van der Waals surface area contributed by atoms with Crippen LogP contribution in [0, 0.1) is 0 Å². The van der Waals surface area contributed by atoms with Gasteiger partial charge in [-0.15, -0.1) is 11.3 Å². The molecule has 0 spiro atoms. The highest BCUT2D eigenvalue weighted by Crippen LogP contribution is 2.29. The minimum absolute atomic E-state index is 0.500. The Morgan fingerprint density at radius 3 is 2.92 bits per heavy atom. The van der Waals surface area contributed by atoms with E-state index in [9.17, 15) is 4.79 Å². The van der Waals surface area contributed by atoms with E-state index in [1.54, 1.807) is 17.4 Å². The third-order valence-corrected chi connectivity index (χ3v) is 3.20. The van der Waals surface area contributed by atoms with E-state index in [-0.39, 0.29) is 0 Å². The van der Waals surface area contributed by atoms with Crippen LogP contribution in [0.4, 0.5) is 0 Å². The van der Waals surface area contributed by atoms with Crippen LogP contribution in [0.25, 0.3) is 10.6 Å². The maximum Gasteiger partial charge on any atom is 0.167 e. The summed E-state index contributed by atoms with van der Waals surface area (Å²) in [6.45, 7) is 0. The van der Waals surface area contributed by atoms with Crippen molar-refractivity contribution in [2.45, 2.75) is 0 Å². The SMILES string of the molecule is O=Cc1cc(-c2ccc(Br)s2)n[nH]1. The summed E-state index contributed by atoms with van der Waals surface area (Å²) < 4.78 is 1.05. The summed E-state index contributed by atoms with van der Waals surface area (Å²) in [7, 11) is 0. The molecule has 0 aliphatic carbocycles. The molecule has 0 bridgehead atoms. The fourth-order valence-electron chi connectivity index (χ4n) is 0.975. The van der Waals surface area contributed by atoms with Crippen LogP contribution in [0.15, 0.2) is 22.0 Å². The van der Waals surface area contributed by atoms with Crippen molar-refractivity contribution in [3.8, 4) is 10.6 Å². The number of H-pyrrole nitrogens is 1. The molecule has 2 aromatic rings. The number of rotatable bonds is 2. The van der Waals surface area contributed by atoms with E-state index in [0.29, 0.717) is 5.69 Å². The standard InChI is InChI=1S/C8H5BrN2OS/c9-8-2-1-7(13-8)6-3-5(4-12)10-11-6/h1-4H,(H,10,11). The van der Waals surface area contributed by atoms with Crippen LogP contribution in [0.5, 0.6) is 0 Å². The van der Waals surface area contributed by atoms with E-state index < -0.39 is 0 Å². The molecular formula is C8H5BrN2OS. The van der Waals surface area contributed by atoms with Gasteiger partial charge < -0.3 is 0 Å². The second-order valence-electron chi connectivity index (χ2n) is 2.43. The molecule has 2 aromatic heterocycles. The summed E-state index contributed by atoms with van der Waals surface area (Å²) in [5.41, 5.74) is 1.30. The van der Waals surface area contributed by atoms with Gasteiger partial charge in [0.25, 0.3) is 0 Å². The van der Waals surface area contributed by atoms with Gasteiger partial charge in [-0.3, -0.25) is 9.89 Å². The molecule has 0 aliphatic heterocycles. The van der Waals surface area contributed by atoms with Crippen LogP contribution in [-0.2, 0) is 0 Å². The first-order valence-electron chi connectivity index (χ1n) is 3.56. The lowest BCUT2D eigenvalue weighted by molar-refractivity contribution is 0.111. The highest BCUT2D eigenvalue weighted by Gasteiger charge is 2.05. The Kier molecular flexibility index (Phi) is 2.28. The average Bonchev–Trinajstić information content (AvgIpc) is 2.71. The minimum Gasteiger partial charge on any atom is -0.296 e. The van der Waals surface area contributed by atoms with Gasteiger partial charge in [-0.2, -0.15) is 5.10 Å². The zero-order valence-electron chi connectivity index (χ0n) is 6.45. The summed E-state index contributed by atoms with van der Waals surface area (Å²) in [5, 5.41) is 6.64. The highest BCUT2D eigenvalue weighted by atomic mass is 79.9. The lowest BCUT2D eigenvalue weighted by atomic mass is 10.3. The molecule has 0 fully saturated rings. The predicted octanol–water partition coefficient (Wildman–Crippen LogP) is 2.71. The summed E-state index contributed by atoms with van der Waals surface area (Å²) in [4.78, 5) is 11.4. The lowest BCUT2D eigenvalue weighted by Crippen LogP contribution is -1.75. The van der Waals surface area contributed by atoms with Gasteiger partial charge in [0.2, 0.25) is 0 Å². The molecule has 2 heterocycles. The second-order valence-corrected chi connectivity index (χ2v) is 4.89. The predicted molar refractivity (Wildman–Crippen MR) is 55.0 cm³/mol. The Balaban J connectivity index is 2.40. The van der Waals surface area contributed by atoms with Gasteiger partial charge >= 0.3 is 0 Å². The maximum absolute atomic E-state index is 10.4. The lowest BCUT2D eigenvalue weighted by Gasteiger charge is -1.84. The van der Waals surface area contributed by atoms with Gasteiger partial charge in [-0.1, -0.05) is 0 Å². The monoisotopic (exact) mass is 256 g/mol. The number of halogens is 1. The van der Waals surface area contributed by atoms with Crippen LogP contribution in [0.1, 0.15) is 10.5 Å². The second kappa shape index (κ2) is 3.43. The first kappa shape index (κ1) is 8.65. The number of nitrogens with zero attached hydrogens (tertiary/aromatic N) is 1. The summed E-state index contributed by atoms with van der Waals surface area (Å²) in [6.07, 6.45) is 0.749. The van der Waals surface area contributed by atoms with Crippen molar-refractivity contribution in [2.75, 3.05) is 0 Å². The summed E-state index contributed by atoms with van der Waals surface area (Å²) in [6, 6.07) is 5.64. The molecule has 0 unspecified atom stereocenters. The molecule has 0 radical (unpaired) electrons. The molecule has 0 saturated heterocycles. The van der Waals surface area contributed by atoms with Crippen LogP contribution < -0.4 is 0 Å². The molecular weight excluding hydrogens is 252 g/mol. The fourth-order valence-corrected chi connectivity index (χ4v) is 2.32. The molecule has 13 heavy (non-hydrogen) atoms. The third kappa shape index (κ3) is 1.71. The third-order valence-electron chi connectivity index (χ3n) is 1.55. The van der Waals surface area contributed by atoms with Crippen molar-refractivity contribution in [3.05, 3.63) is 27.7 Å². The van der Waals surface area contributed by atoms with E-state index in [1.165, 1.54) is 0 Å². The van der Waals surface area contributed by atoms with E-state index in [1.807, 2.05) is 12.1 Å². The summed E-state index contributed by atoms with van der Waals surface area (Å²) >= 11 is 4.95. The van der Waals surface area contributed by atoms with Crippen molar-refractivity contribution >= 4 is 33.6 Å². The molecule has 0 aliphatic rings. The number of aromatic nitrogens is 2. The van der Waals surface area contributed by atoms with Gasteiger partial charge in [0.1, 0.15) is 5.69 Å². The smallest absolute Gasteiger partial charge is 0.167 e. The number of aromatic amines is 1. The molecule has 5 heteroatoms. The first-order valence-corrected chi connectivity index (χ1v) is 5.17. The minimum atomic E-state index is 0.500. The number of carbonyl (C=O) groups is 1. The number of carbonyl (C=O) groups excluding carboxylic acids is 1. The molecule has 0 atom stereocenters. The Morgan fingerprint density at radius 2 is 2.38 bits per heavy atom. The van der Waals surface area contributed by atoms with Crippen molar-refractivity contribution in [1.29, 1.82) is 0 Å². The van der Waals surface area contributed by atoms with Gasteiger partial charge in [-0.25, -0.2) is 0 Å². The fraction of sp³-hybridized carbons (Fsp3) is 0. The van der Waals surface area contributed by atoms with E-state index in [2.05, 4.69) is 26.1 Å². The quantitative estimate of drug-likeness (QED) is 0.841. The van der Waals surface area contributed by atoms with Crippen LogP contribution in [0.3, 0.4) is 0 Å². The van der Waals surface area contributed by atoms with Gasteiger partial charge in [0.05, 0.1) is 14.4 Å². The molecule has 3 nitrogen and oxygen atoms in total. The van der Waals surface area contributed by atoms with E-state index >= 15 is 0 Å². The van der Waals surface area contributed by atoms with Crippen LogP contribution >= 0.6 is 27.3 Å². The first-order chi connectivity index (χ1) is 6.29. The number of hydrogen-bond acceptors (Lipinski definition) is 3.